The molecule has 32 heavy (non-hydrogen) atoms. The van der Waals surface area contributed by atoms with Gasteiger partial charge in [0, 0.05) is 38.0 Å². The van der Waals surface area contributed by atoms with E-state index in [9.17, 15) is 19.2 Å². The highest BCUT2D eigenvalue weighted by Gasteiger charge is 2.65. The minimum absolute atomic E-state index is 0.0386. The summed E-state index contributed by atoms with van der Waals surface area (Å²) in [5, 5.41) is 0. The largest absolute Gasteiger partial charge is 0.469 e. The summed E-state index contributed by atoms with van der Waals surface area (Å²) in [5.41, 5.74) is 0.153. The van der Waals surface area contributed by atoms with E-state index in [4.69, 9.17) is 14.2 Å². The lowest BCUT2D eigenvalue weighted by atomic mass is 9.45. The minimum Gasteiger partial charge on any atom is -0.469 e. The van der Waals surface area contributed by atoms with Crippen LogP contribution in [0.25, 0.3) is 0 Å². The van der Waals surface area contributed by atoms with Crippen molar-refractivity contribution >= 4 is 23.7 Å². The zero-order valence-corrected chi connectivity index (χ0v) is 19.6. The number of hydrogen-bond acceptors (Lipinski definition) is 7. The molecule has 0 aromatic heterocycles. The molecule has 0 heterocycles. The Labute approximate surface area is 189 Å². The zero-order chi connectivity index (χ0) is 23.4. The molecule has 0 radical (unpaired) electrons. The SMILES string of the molecule is COC(=O)[C@@H]1C=C2CC(OC(C)=O)CCC2(C)C2C1[C@@H]1CCC(=O)C1(C)C[C@H]2OC(C)=O. The quantitative estimate of drug-likeness (QED) is 0.372. The highest BCUT2D eigenvalue weighted by Crippen LogP contribution is 2.66. The predicted octanol–water partition coefficient (Wildman–Crippen LogP) is 3.39. The van der Waals surface area contributed by atoms with Gasteiger partial charge in [-0.3, -0.25) is 19.2 Å². The van der Waals surface area contributed by atoms with Crippen molar-refractivity contribution in [3.63, 3.8) is 0 Å². The number of rotatable bonds is 3. The molecule has 4 aliphatic rings. The molecule has 8 atom stereocenters. The summed E-state index contributed by atoms with van der Waals surface area (Å²) in [4.78, 5) is 49.6. The molecule has 0 N–H and O–H groups in total. The van der Waals surface area contributed by atoms with Gasteiger partial charge in [0.15, 0.2) is 0 Å². The second-order valence-electron chi connectivity index (χ2n) is 10.6. The third-order valence-corrected chi connectivity index (χ3v) is 8.86. The first-order valence-electron chi connectivity index (χ1n) is 11.7. The number of esters is 3. The van der Waals surface area contributed by atoms with Crippen LogP contribution in [0.5, 0.6) is 0 Å². The molecule has 3 fully saturated rings. The second kappa shape index (κ2) is 7.99. The summed E-state index contributed by atoms with van der Waals surface area (Å²) in [5.74, 6) is -1.53. The summed E-state index contributed by atoms with van der Waals surface area (Å²) in [7, 11) is 1.39. The molecular formula is C25H34O7. The highest BCUT2D eigenvalue weighted by molar-refractivity contribution is 5.88. The van der Waals surface area contributed by atoms with Crippen molar-refractivity contribution in [3.05, 3.63) is 11.6 Å². The van der Waals surface area contributed by atoms with Crippen molar-refractivity contribution < 1.29 is 33.4 Å². The van der Waals surface area contributed by atoms with Crippen LogP contribution in [0.15, 0.2) is 11.6 Å². The molecule has 0 aliphatic heterocycles. The second-order valence-corrected chi connectivity index (χ2v) is 10.6. The van der Waals surface area contributed by atoms with Crippen molar-refractivity contribution in [1.29, 1.82) is 0 Å². The number of hydrogen-bond donors (Lipinski definition) is 0. The van der Waals surface area contributed by atoms with E-state index >= 15 is 0 Å². The Bertz CT molecular complexity index is 876. The normalized spacial score (nSPS) is 42.7. The Kier molecular flexibility index (Phi) is 5.74. The lowest BCUT2D eigenvalue weighted by molar-refractivity contribution is -0.183. The lowest BCUT2D eigenvalue weighted by Gasteiger charge is -2.60. The molecule has 0 bridgehead atoms. The number of Topliss-reactive ketones (excluding diaryl/α,β-unsaturated/α-hetero) is 1. The van der Waals surface area contributed by atoms with Crippen molar-refractivity contribution in [2.24, 2.45) is 34.5 Å². The van der Waals surface area contributed by atoms with Crippen molar-refractivity contribution in [2.45, 2.75) is 78.4 Å². The van der Waals surface area contributed by atoms with Crippen LogP contribution in [0.1, 0.15) is 66.2 Å². The first-order chi connectivity index (χ1) is 15.0. The van der Waals surface area contributed by atoms with Gasteiger partial charge in [0.05, 0.1) is 13.0 Å². The van der Waals surface area contributed by atoms with E-state index in [0.717, 1.165) is 18.4 Å². The fraction of sp³-hybridized carbons (Fsp3) is 0.760. The summed E-state index contributed by atoms with van der Waals surface area (Å²) in [6.07, 6.45) is 5.10. The summed E-state index contributed by atoms with van der Waals surface area (Å²) in [6, 6.07) is 0. The Morgan fingerprint density at radius 3 is 2.34 bits per heavy atom. The van der Waals surface area contributed by atoms with Crippen molar-refractivity contribution in [2.75, 3.05) is 7.11 Å². The smallest absolute Gasteiger partial charge is 0.312 e. The van der Waals surface area contributed by atoms with Crippen LogP contribution in [0.4, 0.5) is 0 Å². The van der Waals surface area contributed by atoms with Gasteiger partial charge in [-0.25, -0.2) is 0 Å². The molecule has 0 aromatic rings. The number of fused-ring (bicyclic) bond motifs is 5. The fourth-order valence-electron chi connectivity index (χ4n) is 7.53. The molecular weight excluding hydrogens is 412 g/mol. The van der Waals surface area contributed by atoms with Crippen LogP contribution in [0.2, 0.25) is 0 Å². The van der Waals surface area contributed by atoms with Crippen molar-refractivity contribution in [1.82, 2.24) is 0 Å². The van der Waals surface area contributed by atoms with Crippen molar-refractivity contribution in [3.8, 4) is 0 Å². The molecule has 5 unspecified atom stereocenters. The number of ether oxygens (including phenoxy) is 3. The highest BCUT2D eigenvalue weighted by atomic mass is 16.5. The monoisotopic (exact) mass is 446 g/mol. The Hall–Kier alpha value is -2.18. The third kappa shape index (κ3) is 3.48. The maximum absolute atomic E-state index is 13.0. The summed E-state index contributed by atoms with van der Waals surface area (Å²) < 4.78 is 16.6. The van der Waals surface area contributed by atoms with E-state index in [1.54, 1.807) is 0 Å². The minimum atomic E-state index is -0.607. The van der Waals surface area contributed by atoms with Crippen LogP contribution in [0, 0.1) is 34.5 Å². The summed E-state index contributed by atoms with van der Waals surface area (Å²) >= 11 is 0. The van der Waals surface area contributed by atoms with Gasteiger partial charge in [0.1, 0.15) is 18.0 Å². The maximum Gasteiger partial charge on any atom is 0.312 e. The Morgan fingerprint density at radius 1 is 1.03 bits per heavy atom. The van der Waals surface area contributed by atoms with E-state index in [0.29, 0.717) is 25.7 Å². The van der Waals surface area contributed by atoms with Gasteiger partial charge in [-0.1, -0.05) is 25.5 Å². The molecule has 0 saturated heterocycles. The van der Waals surface area contributed by atoms with Gasteiger partial charge in [-0.2, -0.15) is 0 Å². The molecule has 0 spiro atoms. The van der Waals surface area contributed by atoms with Crippen LogP contribution in [-0.4, -0.2) is 43.0 Å². The molecule has 3 saturated carbocycles. The van der Waals surface area contributed by atoms with Gasteiger partial charge in [-0.05, 0) is 42.9 Å². The molecule has 0 aromatic carbocycles. The average Bonchev–Trinajstić information content (AvgIpc) is 3.00. The van der Waals surface area contributed by atoms with Gasteiger partial charge >= 0.3 is 17.9 Å². The van der Waals surface area contributed by atoms with E-state index in [2.05, 4.69) is 6.92 Å². The van der Waals surface area contributed by atoms with E-state index < -0.39 is 17.4 Å². The molecule has 4 aliphatic carbocycles. The van der Waals surface area contributed by atoms with Crippen LogP contribution < -0.4 is 0 Å². The average molecular weight is 447 g/mol. The molecule has 4 rings (SSSR count). The standard InChI is InChI=1S/C25H34O7/c1-13(26)31-16-8-9-24(3)15(10-16)11-17(23(29)30-5)21-18-6-7-20(28)25(18,4)12-19(22(21)24)32-14(2)27/h11,16-19,21-22H,6-10,12H2,1-5H3/t16?,17-,18+,19-,21?,22?,24?,25?/m1/s1. The van der Waals surface area contributed by atoms with E-state index in [-0.39, 0.29) is 53.0 Å². The zero-order valence-electron chi connectivity index (χ0n) is 19.6. The molecule has 7 heteroatoms. The Balaban J connectivity index is 1.83. The third-order valence-electron chi connectivity index (χ3n) is 8.86. The van der Waals surface area contributed by atoms with Gasteiger partial charge in [0.25, 0.3) is 0 Å². The first kappa shape index (κ1) is 23.0. The van der Waals surface area contributed by atoms with Gasteiger partial charge in [0.2, 0.25) is 0 Å². The van der Waals surface area contributed by atoms with Crippen LogP contribution in [-0.2, 0) is 33.4 Å². The number of carbonyl (C=O) groups excluding carboxylic acids is 4. The lowest BCUT2D eigenvalue weighted by Crippen LogP contribution is -2.60. The van der Waals surface area contributed by atoms with Crippen LogP contribution in [0.3, 0.4) is 0 Å². The summed E-state index contributed by atoms with van der Waals surface area (Å²) in [6.45, 7) is 6.97. The Morgan fingerprint density at radius 2 is 1.72 bits per heavy atom. The molecule has 7 nitrogen and oxygen atoms in total. The fourth-order valence-corrected chi connectivity index (χ4v) is 7.53. The topological polar surface area (TPSA) is 96.0 Å². The van der Waals surface area contributed by atoms with Gasteiger partial charge < -0.3 is 14.2 Å². The maximum atomic E-state index is 13.0. The first-order valence-corrected chi connectivity index (χ1v) is 11.7. The molecule has 0 amide bonds. The number of methoxy groups -OCH3 is 1. The van der Waals surface area contributed by atoms with E-state index in [1.807, 2.05) is 13.0 Å². The van der Waals surface area contributed by atoms with Crippen LogP contribution >= 0.6 is 0 Å². The molecule has 176 valence electrons. The number of carbonyl (C=O) groups is 4. The van der Waals surface area contributed by atoms with E-state index in [1.165, 1.54) is 21.0 Å². The van der Waals surface area contributed by atoms with Gasteiger partial charge in [-0.15, -0.1) is 0 Å². The predicted molar refractivity (Wildman–Crippen MR) is 114 cm³/mol. The number of ketones is 1.